The van der Waals surface area contributed by atoms with Crippen LogP contribution in [0.4, 0.5) is 28.6 Å². The third-order valence-electron chi connectivity index (χ3n) is 10.3. The van der Waals surface area contributed by atoms with Crippen LogP contribution in [-0.4, -0.2) is 9.97 Å². The number of aromatic nitrogens is 2. The molecule has 6 aromatic rings. The molecule has 0 unspecified atom stereocenters. The quantitative estimate of drug-likeness (QED) is 0.127. The van der Waals surface area contributed by atoms with Crippen LogP contribution in [0.3, 0.4) is 0 Å². The van der Waals surface area contributed by atoms with Crippen LogP contribution in [0.15, 0.2) is 132 Å². The van der Waals surface area contributed by atoms with Crippen LogP contribution in [0, 0.1) is 18.8 Å². The number of hydrogen-bond donors (Lipinski definition) is 0. The molecule has 0 spiro atoms. The second-order valence-corrected chi connectivity index (χ2v) is 18.6. The maximum Gasteiger partial charge on any atom is 0.135 e. The van der Waals surface area contributed by atoms with Crippen LogP contribution >= 0.6 is 11.8 Å². The monoisotopic (exact) mass is 844 g/mol. The Morgan fingerprint density at radius 1 is 0.589 bits per heavy atom. The molecule has 0 amide bonds. The average molecular weight is 845 g/mol. The van der Waals surface area contributed by atoms with Gasteiger partial charge in [0, 0.05) is 50.3 Å². The average Bonchev–Trinajstić information content (AvgIpc) is 3.61. The van der Waals surface area contributed by atoms with Gasteiger partial charge in [0.2, 0.25) is 0 Å². The predicted molar refractivity (Wildman–Crippen MR) is 230 cm³/mol. The molecule has 2 aliphatic rings. The summed E-state index contributed by atoms with van der Waals surface area (Å²) in [5, 5.41) is 0. The number of anilines is 5. The van der Waals surface area contributed by atoms with E-state index in [9.17, 15) is 0 Å². The molecule has 0 saturated heterocycles. The first kappa shape index (κ1) is 39.6. The van der Waals surface area contributed by atoms with Crippen molar-refractivity contribution in [1.82, 2.24) is 9.97 Å². The third kappa shape index (κ3) is 7.83. The molecule has 288 valence electrons. The van der Waals surface area contributed by atoms with Gasteiger partial charge in [0.15, 0.2) is 0 Å². The van der Waals surface area contributed by atoms with Crippen molar-refractivity contribution in [3.63, 3.8) is 0 Å². The van der Waals surface area contributed by atoms with Crippen molar-refractivity contribution in [2.75, 3.05) is 14.7 Å². The number of hydrogen-bond acceptors (Lipinski definition) is 6. The Bertz CT molecular complexity index is 2400. The topological polar surface area (TPSA) is 35.5 Å². The van der Waals surface area contributed by atoms with Gasteiger partial charge in [-0.05, 0) is 81.2 Å². The number of benzene rings is 4. The van der Waals surface area contributed by atoms with E-state index in [0.29, 0.717) is 0 Å². The van der Waals surface area contributed by atoms with E-state index in [-0.39, 0.29) is 36.7 Å². The van der Waals surface area contributed by atoms with Crippen molar-refractivity contribution in [3.05, 3.63) is 157 Å². The fourth-order valence-electron chi connectivity index (χ4n) is 7.07. The van der Waals surface area contributed by atoms with Crippen LogP contribution in [0.5, 0.6) is 0 Å². The van der Waals surface area contributed by atoms with E-state index in [1.165, 1.54) is 16.7 Å². The van der Waals surface area contributed by atoms with E-state index in [1.54, 1.807) is 11.8 Å². The van der Waals surface area contributed by atoms with Crippen LogP contribution in [0.2, 0.25) is 0 Å². The molecular formula is C49H48N5PdS-3. The normalized spacial score (nSPS) is 13.8. The van der Waals surface area contributed by atoms with Gasteiger partial charge >= 0.3 is 0 Å². The first-order valence-electron chi connectivity index (χ1n) is 19.0. The van der Waals surface area contributed by atoms with Crippen LogP contribution < -0.4 is 14.7 Å². The zero-order valence-corrected chi connectivity index (χ0v) is 36.0. The Balaban J connectivity index is 0.00000480. The van der Waals surface area contributed by atoms with Gasteiger partial charge in [-0.25, -0.2) is 4.98 Å². The van der Waals surface area contributed by atoms with Gasteiger partial charge in [-0.1, -0.05) is 104 Å². The molecule has 0 N–H and O–H groups in total. The van der Waals surface area contributed by atoms with Gasteiger partial charge in [-0.3, -0.25) is 4.98 Å². The minimum absolute atomic E-state index is 0. The predicted octanol–water partition coefficient (Wildman–Crippen LogP) is 13.2. The number of nitrogens with zero attached hydrogens (tertiary/aromatic N) is 5. The number of pyridine rings is 2. The maximum absolute atomic E-state index is 4.96. The molecule has 2 aromatic heterocycles. The molecule has 0 fully saturated rings. The van der Waals surface area contributed by atoms with Gasteiger partial charge in [-0.2, -0.15) is 30.3 Å². The maximum atomic E-state index is 4.96. The van der Waals surface area contributed by atoms with Crippen LogP contribution in [0.1, 0.15) is 79.0 Å². The molecule has 5 nitrogen and oxygen atoms in total. The summed E-state index contributed by atoms with van der Waals surface area (Å²) in [7, 11) is 0. The van der Waals surface area contributed by atoms with Gasteiger partial charge < -0.3 is 14.7 Å². The molecule has 0 bridgehead atoms. The molecule has 0 atom stereocenters. The molecule has 4 aromatic carbocycles. The number of rotatable bonds is 5. The van der Waals surface area contributed by atoms with Crippen molar-refractivity contribution in [1.29, 1.82) is 0 Å². The van der Waals surface area contributed by atoms with Crippen LogP contribution in [0.25, 0.3) is 22.3 Å². The zero-order chi connectivity index (χ0) is 38.7. The SMILES string of the molecule is CC(C)(C)c1cc(N2C=CN(c3[c-]c(Sc4[c-]c5c(cc4)-c4ccccc4-c4cnccc4N5c4cc(C(C)(C)C)ccn4)ccc3)[CH-]2)cc(C(C)(C)C)c1.[Pd]. The fourth-order valence-corrected chi connectivity index (χ4v) is 7.89. The molecule has 4 heterocycles. The largest absolute Gasteiger partial charge is 0.500 e. The standard InChI is InChI=1S/C49H48N5S.Pd/c1-47(2,3)33-19-22-51-46(28-33)54-44-20-21-50-31-43(44)41-16-11-10-15-40(41)42-18-17-39(30-45(42)54)55-38-14-12-13-36(29-38)52-23-24-53(32-52)37-26-34(48(4,5)6)25-35(27-37)49(7,8)9;/h10-28,31-32H,1-9H3;/q-3;. The molecule has 0 aliphatic carbocycles. The zero-order valence-electron chi connectivity index (χ0n) is 33.6. The smallest absolute Gasteiger partial charge is 0.135 e. The summed E-state index contributed by atoms with van der Waals surface area (Å²) in [6.07, 6.45) is 9.98. The Labute approximate surface area is 351 Å². The summed E-state index contributed by atoms with van der Waals surface area (Å²) in [5.41, 5.74) is 12.5. The first-order chi connectivity index (χ1) is 26.1. The summed E-state index contributed by atoms with van der Waals surface area (Å²) < 4.78 is 0. The molecular weight excluding hydrogens is 797 g/mol. The van der Waals surface area contributed by atoms with Crippen LogP contribution in [-0.2, 0) is 36.7 Å². The van der Waals surface area contributed by atoms with Crippen molar-refractivity contribution in [2.45, 2.75) is 88.3 Å². The van der Waals surface area contributed by atoms with Gasteiger partial charge in [0.05, 0.1) is 5.69 Å². The molecule has 56 heavy (non-hydrogen) atoms. The Hall–Kier alpha value is -4.67. The van der Waals surface area contributed by atoms with Gasteiger partial charge in [0.1, 0.15) is 5.82 Å². The molecule has 0 radical (unpaired) electrons. The van der Waals surface area contributed by atoms with E-state index < -0.39 is 0 Å². The van der Waals surface area contributed by atoms with E-state index in [1.807, 2.05) is 18.6 Å². The summed E-state index contributed by atoms with van der Waals surface area (Å²) in [4.78, 5) is 18.1. The minimum atomic E-state index is -0.0382. The molecule has 0 saturated carbocycles. The Morgan fingerprint density at radius 2 is 1.25 bits per heavy atom. The van der Waals surface area contributed by atoms with E-state index in [2.05, 4.69) is 204 Å². The van der Waals surface area contributed by atoms with E-state index in [4.69, 9.17) is 4.98 Å². The Kier molecular flexibility index (Phi) is 10.6. The van der Waals surface area contributed by atoms with E-state index in [0.717, 1.165) is 60.6 Å². The van der Waals surface area contributed by atoms with Gasteiger partial charge in [0.25, 0.3) is 0 Å². The fraction of sp³-hybridized carbons (Fsp3) is 0.245. The summed E-state index contributed by atoms with van der Waals surface area (Å²) >= 11 is 1.67. The molecule has 7 heteroatoms. The summed E-state index contributed by atoms with van der Waals surface area (Å²) in [5.74, 6) is 0.851. The van der Waals surface area contributed by atoms with Crippen molar-refractivity contribution >= 4 is 40.3 Å². The second-order valence-electron chi connectivity index (χ2n) is 17.5. The van der Waals surface area contributed by atoms with Crippen molar-refractivity contribution < 1.29 is 20.4 Å². The summed E-state index contributed by atoms with van der Waals surface area (Å²) in [6.45, 7) is 22.5. The molecule has 2 aliphatic heterocycles. The third-order valence-corrected chi connectivity index (χ3v) is 11.3. The second kappa shape index (κ2) is 15.0. The minimum Gasteiger partial charge on any atom is -0.500 e. The van der Waals surface area contributed by atoms with Crippen molar-refractivity contribution in [3.8, 4) is 22.3 Å². The molecule has 8 rings (SSSR count). The van der Waals surface area contributed by atoms with Gasteiger partial charge in [-0.15, -0.1) is 51.6 Å². The number of fused-ring (bicyclic) bond motifs is 5. The van der Waals surface area contributed by atoms with E-state index >= 15 is 0 Å². The summed E-state index contributed by atoms with van der Waals surface area (Å²) in [6, 6.07) is 40.3. The Morgan fingerprint density at radius 3 is 1.95 bits per heavy atom. The van der Waals surface area contributed by atoms with Crippen molar-refractivity contribution in [2.24, 2.45) is 0 Å². The first-order valence-corrected chi connectivity index (χ1v) is 19.8.